The second-order valence-electron chi connectivity index (χ2n) is 7.30. The van der Waals surface area contributed by atoms with E-state index < -0.39 is 10.0 Å². The van der Waals surface area contributed by atoms with E-state index in [4.69, 9.17) is 27.9 Å². The first-order valence-corrected chi connectivity index (χ1v) is 11.7. The lowest BCUT2D eigenvalue weighted by atomic mass is 9.96. The summed E-state index contributed by atoms with van der Waals surface area (Å²) < 4.78 is 32.4. The summed E-state index contributed by atoms with van der Waals surface area (Å²) in [5, 5.41) is 0.444. The zero-order chi connectivity index (χ0) is 21.9. The van der Waals surface area contributed by atoms with Gasteiger partial charge in [0, 0.05) is 37.6 Å². The van der Waals surface area contributed by atoms with Crippen molar-refractivity contribution in [3.8, 4) is 5.75 Å². The molecule has 1 aliphatic heterocycles. The molecule has 0 spiro atoms. The number of ether oxygens (including phenoxy) is 1. The fraction of sp³-hybridized carbons (Fsp3) is 0.381. The van der Waals surface area contributed by atoms with E-state index >= 15 is 0 Å². The van der Waals surface area contributed by atoms with Crippen LogP contribution in [0.15, 0.2) is 47.4 Å². The first-order chi connectivity index (χ1) is 14.2. The van der Waals surface area contributed by atoms with Crippen molar-refractivity contribution in [2.75, 3.05) is 27.2 Å². The molecule has 30 heavy (non-hydrogen) atoms. The van der Waals surface area contributed by atoms with Gasteiger partial charge in [0.2, 0.25) is 15.9 Å². The van der Waals surface area contributed by atoms with Crippen LogP contribution in [0.5, 0.6) is 5.75 Å². The summed E-state index contributed by atoms with van der Waals surface area (Å²) in [6.45, 7) is 1.01. The minimum absolute atomic E-state index is 0.00179. The molecule has 2 aromatic rings. The van der Waals surface area contributed by atoms with Gasteiger partial charge >= 0.3 is 0 Å². The first kappa shape index (κ1) is 22.9. The van der Waals surface area contributed by atoms with E-state index in [2.05, 4.69) is 0 Å². The average molecular weight is 471 g/mol. The van der Waals surface area contributed by atoms with Crippen molar-refractivity contribution in [1.29, 1.82) is 0 Å². The highest BCUT2D eigenvalue weighted by Gasteiger charge is 2.34. The van der Waals surface area contributed by atoms with E-state index in [1.165, 1.54) is 16.4 Å². The summed E-state index contributed by atoms with van der Waals surface area (Å²) in [5.74, 6) is 0.569. The van der Waals surface area contributed by atoms with Crippen molar-refractivity contribution in [1.82, 2.24) is 9.21 Å². The number of carbonyl (C=O) groups excluding carboxylic acids is 1. The Balaban J connectivity index is 1.61. The standard InChI is InChI=1S/C21H24Cl2N2O4S/c1-24(14-15-3-6-18(29-2)7-4-15)21(26)16-9-11-25(12-10-16)30(27,28)20-13-17(22)5-8-19(20)23/h3-8,13,16H,9-12,14H2,1-2H3. The number of methoxy groups -OCH3 is 1. The normalized spacial score (nSPS) is 15.7. The number of hydrogen-bond acceptors (Lipinski definition) is 4. The number of hydrogen-bond donors (Lipinski definition) is 0. The number of amides is 1. The van der Waals surface area contributed by atoms with E-state index in [0.717, 1.165) is 11.3 Å². The molecule has 0 aromatic heterocycles. The lowest BCUT2D eigenvalue weighted by molar-refractivity contribution is -0.135. The molecule has 0 saturated carbocycles. The SMILES string of the molecule is COc1ccc(CN(C)C(=O)C2CCN(S(=O)(=O)c3cc(Cl)ccc3Cl)CC2)cc1. The van der Waals surface area contributed by atoms with Crippen LogP contribution in [0, 0.1) is 5.92 Å². The highest BCUT2D eigenvalue weighted by molar-refractivity contribution is 7.89. The predicted octanol–water partition coefficient (Wildman–Crippen LogP) is 4.06. The van der Waals surface area contributed by atoms with Gasteiger partial charge < -0.3 is 9.64 Å². The van der Waals surface area contributed by atoms with Crippen LogP contribution in [0.2, 0.25) is 10.0 Å². The van der Waals surface area contributed by atoms with Gasteiger partial charge in [-0.15, -0.1) is 0 Å². The van der Waals surface area contributed by atoms with Crippen LogP contribution in [0.25, 0.3) is 0 Å². The molecule has 1 amide bonds. The van der Waals surface area contributed by atoms with E-state index in [-0.39, 0.29) is 34.8 Å². The summed E-state index contributed by atoms with van der Waals surface area (Å²) in [4.78, 5) is 14.5. The monoisotopic (exact) mass is 470 g/mol. The zero-order valence-electron chi connectivity index (χ0n) is 16.8. The van der Waals surface area contributed by atoms with Crippen LogP contribution >= 0.6 is 23.2 Å². The minimum atomic E-state index is -3.76. The van der Waals surface area contributed by atoms with Crippen LogP contribution in [0.4, 0.5) is 0 Å². The molecule has 0 aliphatic carbocycles. The number of halogens is 2. The fourth-order valence-corrected chi connectivity index (χ4v) is 5.76. The maximum atomic E-state index is 12.9. The summed E-state index contributed by atoms with van der Waals surface area (Å²) in [6, 6.07) is 11.9. The maximum absolute atomic E-state index is 12.9. The van der Waals surface area contributed by atoms with Crippen LogP contribution in [-0.4, -0.2) is 50.8 Å². The van der Waals surface area contributed by atoms with Gasteiger partial charge in [0.15, 0.2) is 0 Å². The molecule has 9 heteroatoms. The molecule has 0 bridgehead atoms. The molecule has 1 heterocycles. The molecule has 0 N–H and O–H groups in total. The molecular weight excluding hydrogens is 447 g/mol. The van der Waals surface area contributed by atoms with Gasteiger partial charge in [-0.1, -0.05) is 35.3 Å². The molecule has 6 nitrogen and oxygen atoms in total. The van der Waals surface area contributed by atoms with Crippen molar-refractivity contribution in [2.24, 2.45) is 5.92 Å². The van der Waals surface area contributed by atoms with Crippen molar-refractivity contribution in [3.63, 3.8) is 0 Å². The summed E-state index contributed by atoms with van der Waals surface area (Å²) in [5.41, 5.74) is 1.00. The second kappa shape index (κ2) is 9.56. The number of nitrogens with zero attached hydrogens (tertiary/aromatic N) is 2. The molecule has 0 unspecified atom stereocenters. The molecule has 3 rings (SSSR count). The third-order valence-electron chi connectivity index (χ3n) is 5.27. The Morgan fingerprint density at radius 1 is 1.13 bits per heavy atom. The lowest BCUT2D eigenvalue weighted by Crippen LogP contribution is -2.43. The van der Waals surface area contributed by atoms with Crippen molar-refractivity contribution < 1.29 is 17.9 Å². The Morgan fingerprint density at radius 3 is 2.37 bits per heavy atom. The van der Waals surface area contributed by atoms with Crippen LogP contribution in [0.1, 0.15) is 18.4 Å². The zero-order valence-corrected chi connectivity index (χ0v) is 19.2. The smallest absolute Gasteiger partial charge is 0.244 e. The van der Waals surface area contributed by atoms with Gasteiger partial charge in [-0.25, -0.2) is 8.42 Å². The van der Waals surface area contributed by atoms with E-state index in [1.54, 1.807) is 25.1 Å². The van der Waals surface area contributed by atoms with Crippen LogP contribution in [0.3, 0.4) is 0 Å². The maximum Gasteiger partial charge on any atom is 0.244 e. The lowest BCUT2D eigenvalue weighted by Gasteiger charge is -2.32. The Morgan fingerprint density at radius 2 is 1.77 bits per heavy atom. The number of sulfonamides is 1. The Labute approximate surface area is 187 Å². The quantitative estimate of drug-likeness (QED) is 0.638. The highest BCUT2D eigenvalue weighted by Crippen LogP contribution is 2.30. The number of benzene rings is 2. The van der Waals surface area contributed by atoms with Gasteiger partial charge in [0.1, 0.15) is 10.6 Å². The molecule has 1 fully saturated rings. The van der Waals surface area contributed by atoms with Gasteiger partial charge in [-0.3, -0.25) is 4.79 Å². The Hall–Kier alpha value is -1.80. The van der Waals surface area contributed by atoms with E-state index in [1.807, 2.05) is 24.3 Å². The van der Waals surface area contributed by atoms with Gasteiger partial charge in [0.05, 0.1) is 12.1 Å². The highest BCUT2D eigenvalue weighted by atomic mass is 35.5. The topological polar surface area (TPSA) is 66.9 Å². The van der Waals surface area contributed by atoms with Crippen molar-refractivity contribution in [2.45, 2.75) is 24.3 Å². The third kappa shape index (κ3) is 5.09. The summed E-state index contributed by atoms with van der Waals surface area (Å²) >= 11 is 12.0. The van der Waals surface area contributed by atoms with Crippen molar-refractivity contribution in [3.05, 3.63) is 58.1 Å². The first-order valence-electron chi connectivity index (χ1n) is 9.55. The van der Waals surface area contributed by atoms with Gasteiger partial charge in [-0.05, 0) is 48.7 Å². The van der Waals surface area contributed by atoms with E-state index in [0.29, 0.717) is 24.4 Å². The van der Waals surface area contributed by atoms with Crippen LogP contribution < -0.4 is 4.74 Å². The second-order valence-corrected chi connectivity index (χ2v) is 10.0. The van der Waals surface area contributed by atoms with Crippen LogP contribution in [-0.2, 0) is 21.4 Å². The Bertz CT molecular complexity index is 1000. The average Bonchev–Trinajstić information content (AvgIpc) is 2.75. The minimum Gasteiger partial charge on any atom is -0.497 e. The molecule has 1 saturated heterocycles. The summed E-state index contributed by atoms with van der Waals surface area (Å²) in [7, 11) is -0.386. The number of carbonyl (C=O) groups is 1. The number of rotatable bonds is 6. The summed E-state index contributed by atoms with van der Waals surface area (Å²) in [6.07, 6.45) is 0.923. The van der Waals surface area contributed by atoms with Crippen molar-refractivity contribution >= 4 is 39.1 Å². The molecule has 0 radical (unpaired) electrons. The third-order valence-corrected chi connectivity index (χ3v) is 7.88. The molecule has 162 valence electrons. The largest absolute Gasteiger partial charge is 0.497 e. The predicted molar refractivity (Wildman–Crippen MR) is 117 cm³/mol. The molecular formula is C21H24Cl2N2O4S. The van der Waals surface area contributed by atoms with E-state index in [9.17, 15) is 13.2 Å². The molecule has 2 aromatic carbocycles. The molecule has 0 atom stereocenters. The number of piperidine rings is 1. The van der Waals surface area contributed by atoms with Gasteiger partial charge in [0.25, 0.3) is 0 Å². The molecule has 1 aliphatic rings. The fourth-order valence-electron chi connectivity index (χ4n) is 3.55. The van der Waals surface area contributed by atoms with Gasteiger partial charge in [-0.2, -0.15) is 4.31 Å². The Kier molecular flexibility index (Phi) is 7.29.